The van der Waals surface area contributed by atoms with Crippen LogP contribution >= 0.6 is 0 Å². The lowest BCUT2D eigenvalue weighted by Gasteiger charge is -2.40. The molecule has 2 aromatic rings. The lowest BCUT2D eigenvalue weighted by Crippen LogP contribution is -2.45. The summed E-state index contributed by atoms with van der Waals surface area (Å²) in [7, 11) is 0. The van der Waals surface area contributed by atoms with Crippen LogP contribution < -0.4 is 5.56 Å². The van der Waals surface area contributed by atoms with Crippen molar-refractivity contribution in [1.82, 2.24) is 24.6 Å². The van der Waals surface area contributed by atoms with E-state index in [-0.39, 0.29) is 17.4 Å². The summed E-state index contributed by atoms with van der Waals surface area (Å²) in [6.45, 7) is 5.27. The van der Waals surface area contributed by atoms with Crippen LogP contribution in [0, 0.1) is 19.3 Å². The molecule has 1 saturated carbocycles. The molecule has 7 nitrogen and oxygen atoms in total. The molecule has 0 radical (unpaired) electrons. The Morgan fingerprint density at radius 2 is 1.73 bits per heavy atom. The van der Waals surface area contributed by atoms with Crippen molar-refractivity contribution in [3.63, 3.8) is 0 Å². The first-order valence-corrected chi connectivity index (χ1v) is 9.40. The van der Waals surface area contributed by atoms with E-state index in [4.69, 9.17) is 0 Å². The first-order valence-electron chi connectivity index (χ1n) is 9.40. The van der Waals surface area contributed by atoms with Crippen molar-refractivity contribution in [1.29, 1.82) is 0 Å². The molecule has 1 saturated heterocycles. The Kier molecular flexibility index (Phi) is 4.17. The number of nitrogens with one attached hydrogen (secondary N) is 1. The van der Waals surface area contributed by atoms with Gasteiger partial charge in [-0.3, -0.25) is 14.7 Å². The van der Waals surface area contributed by atoms with E-state index < -0.39 is 0 Å². The number of piperidine rings is 1. The van der Waals surface area contributed by atoms with E-state index in [2.05, 4.69) is 15.1 Å². The number of aromatic amines is 1. The fourth-order valence-corrected chi connectivity index (χ4v) is 4.55. The third-order valence-electron chi connectivity index (χ3n) is 5.73. The van der Waals surface area contributed by atoms with E-state index >= 15 is 0 Å². The number of aromatic nitrogens is 4. The van der Waals surface area contributed by atoms with E-state index in [0.717, 1.165) is 30.9 Å². The number of carbonyl (C=O) groups excluding carboxylic acids is 1. The Morgan fingerprint density at radius 1 is 1.08 bits per heavy atom. The standard InChI is InChI=1S/C19H25N5O2/c1-13-10-14(2)21-18(20-13)24-16(25)11-15(22-24)17(26)23-9-5-8-19(12-23)6-3-4-7-19/h10-11,22H,3-9,12H2,1-2H3. The minimum Gasteiger partial charge on any atom is -0.337 e. The van der Waals surface area contributed by atoms with E-state index in [1.807, 2.05) is 24.8 Å². The van der Waals surface area contributed by atoms with Gasteiger partial charge in [0.2, 0.25) is 0 Å². The zero-order valence-corrected chi connectivity index (χ0v) is 15.4. The number of likely N-dealkylation sites (tertiary alicyclic amines) is 1. The lowest BCUT2D eigenvalue weighted by molar-refractivity contribution is 0.0520. The molecule has 0 aromatic carbocycles. The summed E-state index contributed by atoms with van der Waals surface area (Å²) < 4.78 is 1.25. The highest BCUT2D eigenvalue weighted by Gasteiger charge is 2.39. The summed E-state index contributed by atoms with van der Waals surface area (Å²) in [5.74, 6) is 0.175. The van der Waals surface area contributed by atoms with Crippen LogP contribution in [0.25, 0.3) is 5.95 Å². The fraction of sp³-hybridized carbons (Fsp3) is 0.579. The number of aryl methyl sites for hydroxylation is 2. The third kappa shape index (κ3) is 3.06. The predicted molar refractivity (Wildman–Crippen MR) is 97.5 cm³/mol. The summed E-state index contributed by atoms with van der Waals surface area (Å²) in [5, 5.41) is 2.92. The molecule has 138 valence electrons. The quantitative estimate of drug-likeness (QED) is 0.896. The zero-order valence-electron chi connectivity index (χ0n) is 15.4. The van der Waals surface area contributed by atoms with Crippen LogP contribution in [0.3, 0.4) is 0 Å². The summed E-state index contributed by atoms with van der Waals surface area (Å²) in [4.78, 5) is 35.9. The number of hydrogen-bond donors (Lipinski definition) is 1. The second-order valence-electron chi connectivity index (χ2n) is 7.83. The summed E-state index contributed by atoms with van der Waals surface area (Å²) in [5.41, 5.74) is 1.86. The Hall–Kier alpha value is -2.44. The smallest absolute Gasteiger partial charge is 0.274 e. The Morgan fingerprint density at radius 3 is 2.42 bits per heavy atom. The molecule has 7 heteroatoms. The molecule has 3 heterocycles. The number of nitrogens with zero attached hydrogens (tertiary/aromatic N) is 4. The monoisotopic (exact) mass is 355 g/mol. The van der Waals surface area contributed by atoms with Crippen molar-refractivity contribution in [3.05, 3.63) is 39.6 Å². The van der Waals surface area contributed by atoms with Crippen molar-refractivity contribution in [2.24, 2.45) is 5.41 Å². The van der Waals surface area contributed by atoms with E-state index in [1.165, 1.54) is 42.9 Å². The summed E-state index contributed by atoms with van der Waals surface area (Å²) in [6, 6.07) is 3.21. The molecule has 1 aliphatic carbocycles. The first-order chi connectivity index (χ1) is 12.5. The van der Waals surface area contributed by atoms with Crippen LogP contribution in [0.2, 0.25) is 0 Å². The molecule has 0 atom stereocenters. The van der Waals surface area contributed by atoms with Gasteiger partial charge in [-0.15, -0.1) is 0 Å². The van der Waals surface area contributed by atoms with Crippen LogP contribution in [-0.2, 0) is 0 Å². The maximum atomic E-state index is 13.0. The van der Waals surface area contributed by atoms with E-state index in [0.29, 0.717) is 11.1 Å². The van der Waals surface area contributed by atoms with E-state index in [9.17, 15) is 9.59 Å². The van der Waals surface area contributed by atoms with Gasteiger partial charge in [0, 0.05) is 30.5 Å². The maximum Gasteiger partial charge on any atom is 0.274 e. The van der Waals surface area contributed by atoms with Gasteiger partial charge in [0.15, 0.2) is 0 Å². The Balaban J connectivity index is 1.60. The normalized spacial score (nSPS) is 19.2. The van der Waals surface area contributed by atoms with Gasteiger partial charge in [-0.25, -0.2) is 9.97 Å². The number of carbonyl (C=O) groups is 1. The average molecular weight is 355 g/mol. The minimum atomic E-state index is -0.314. The van der Waals surface area contributed by atoms with Gasteiger partial charge < -0.3 is 4.90 Å². The van der Waals surface area contributed by atoms with Crippen LogP contribution in [0.4, 0.5) is 0 Å². The summed E-state index contributed by atoms with van der Waals surface area (Å²) >= 11 is 0. The molecule has 1 amide bonds. The molecule has 2 aromatic heterocycles. The second-order valence-corrected chi connectivity index (χ2v) is 7.83. The summed E-state index contributed by atoms with van der Waals surface area (Å²) in [6.07, 6.45) is 7.20. The van der Waals surface area contributed by atoms with Gasteiger partial charge in [0.05, 0.1) is 0 Å². The van der Waals surface area contributed by atoms with Crippen LogP contribution in [0.15, 0.2) is 16.9 Å². The van der Waals surface area contributed by atoms with Crippen molar-refractivity contribution in [2.75, 3.05) is 13.1 Å². The van der Waals surface area contributed by atoms with Crippen LogP contribution in [0.1, 0.15) is 60.4 Å². The number of H-pyrrole nitrogens is 1. The molecule has 0 bridgehead atoms. The van der Waals surface area contributed by atoms with Gasteiger partial charge in [0.25, 0.3) is 17.4 Å². The molecular formula is C19H25N5O2. The SMILES string of the molecule is Cc1cc(C)nc(-n2[nH]c(C(=O)N3CCCC4(CCCC4)C3)cc2=O)n1. The van der Waals surface area contributed by atoms with Gasteiger partial charge >= 0.3 is 0 Å². The Labute approximate surface area is 152 Å². The third-order valence-corrected chi connectivity index (χ3v) is 5.73. The fourth-order valence-electron chi connectivity index (χ4n) is 4.55. The van der Waals surface area contributed by atoms with Crippen molar-refractivity contribution in [2.45, 2.75) is 52.4 Å². The van der Waals surface area contributed by atoms with Gasteiger partial charge in [-0.05, 0) is 51.0 Å². The molecule has 1 N–H and O–H groups in total. The highest BCUT2D eigenvalue weighted by molar-refractivity contribution is 5.92. The predicted octanol–water partition coefficient (Wildman–Crippen LogP) is 2.37. The number of hydrogen-bond acceptors (Lipinski definition) is 4. The molecule has 2 aliphatic rings. The van der Waals surface area contributed by atoms with Crippen LogP contribution in [-0.4, -0.2) is 43.6 Å². The highest BCUT2D eigenvalue weighted by atomic mass is 16.2. The van der Waals surface area contributed by atoms with Gasteiger partial charge in [-0.2, -0.15) is 4.68 Å². The van der Waals surface area contributed by atoms with Crippen molar-refractivity contribution in [3.8, 4) is 5.95 Å². The molecular weight excluding hydrogens is 330 g/mol. The average Bonchev–Trinajstić information content (AvgIpc) is 3.20. The molecule has 1 spiro atoms. The molecule has 26 heavy (non-hydrogen) atoms. The Bertz CT molecular complexity index is 871. The largest absolute Gasteiger partial charge is 0.337 e. The topological polar surface area (TPSA) is 83.9 Å². The maximum absolute atomic E-state index is 13.0. The molecule has 4 rings (SSSR count). The highest BCUT2D eigenvalue weighted by Crippen LogP contribution is 2.44. The van der Waals surface area contributed by atoms with Crippen LogP contribution in [0.5, 0.6) is 0 Å². The molecule has 0 unspecified atom stereocenters. The van der Waals surface area contributed by atoms with E-state index in [1.54, 1.807) is 0 Å². The molecule has 2 fully saturated rings. The van der Waals surface area contributed by atoms with Gasteiger partial charge in [-0.1, -0.05) is 12.8 Å². The zero-order chi connectivity index (χ0) is 18.3. The lowest BCUT2D eigenvalue weighted by atomic mass is 9.78. The number of rotatable bonds is 2. The van der Waals surface area contributed by atoms with Gasteiger partial charge in [0.1, 0.15) is 5.69 Å². The second kappa shape index (κ2) is 6.37. The first kappa shape index (κ1) is 17.0. The minimum absolute atomic E-state index is 0.101. The molecule has 1 aliphatic heterocycles. The van der Waals surface area contributed by atoms with Crippen molar-refractivity contribution >= 4 is 5.91 Å². The number of amides is 1. The van der Waals surface area contributed by atoms with Crippen molar-refractivity contribution < 1.29 is 4.79 Å².